The standard InChI is InChI=1S/C16H21NO5S/c1-23(19,20)22-15-7-13-9-17(10-14(13)8-15)16(18)21-11-12-5-3-2-4-6-12/h2-6,13-15H,7-11H2,1H3/t13-,14+,15?. The number of carbonyl (C=O) groups is 1. The maximum atomic E-state index is 12.1. The van der Waals surface area contributed by atoms with Gasteiger partial charge in [0.15, 0.2) is 0 Å². The molecule has 6 nitrogen and oxygen atoms in total. The molecule has 1 aliphatic carbocycles. The summed E-state index contributed by atoms with van der Waals surface area (Å²) >= 11 is 0. The van der Waals surface area contributed by atoms with Gasteiger partial charge in [0.25, 0.3) is 10.1 Å². The molecule has 1 amide bonds. The van der Waals surface area contributed by atoms with Gasteiger partial charge in [-0.3, -0.25) is 4.18 Å². The second kappa shape index (κ2) is 6.49. The summed E-state index contributed by atoms with van der Waals surface area (Å²) in [4.78, 5) is 13.9. The first kappa shape index (κ1) is 16.3. The van der Waals surface area contributed by atoms with E-state index in [1.807, 2.05) is 30.3 Å². The lowest BCUT2D eigenvalue weighted by molar-refractivity contribution is 0.0988. The number of fused-ring (bicyclic) bond motifs is 1. The van der Waals surface area contributed by atoms with Crippen molar-refractivity contribution >= 4 is 16.2 Å². The van der Waals surface area contributed by atoms with Gasteiger partial charge in [-0.1, -0.05) is 30.3 Å². The molecule has 0 N–H and O–H groups in total. The Balaban J connectivity index is 1.47. The van der Waals surface area contributed by atoms with E-state index in [0.717, 1.165) is 11.8 Å². The van der Waals surface area contributed by atoms with Gasteiger partial charge in [0.05, 0.1) is 12.4 Å². The van der Waals surface area contributed by atoms with Crippen LogP contribution in [0, 0.1) is 11.8 Å². The monoisotopic (exact) mass is 339 g/mol. The molecule has 3 atom stereocenters. The van der Waals surface area contributed by atoms with Gasteiger partial charge in [-0.15, -0.1) is 0 Å². The zero-order valence-corrected chi connectivity index (χ0v) is 13.9. The van der Waals surface area contributed by atoms with E-state index in [1.165, 1.54) is 0 Å². The van der Waals surface area contributed by atoms with Crippen LogP contribution in [0.15, 0.2) is 30.3 Å². The topological polar surface area (TPSA) is 72.9 Å². The highest BCUT2D eigenvalue weighted by Gasteiger charge is 2.44. The lowest BCUT2D eigenvalue weighted by Gasteiger charge is -2.18. The molecule has 1 heterocycles. The number of nitrogens with zero attached hydrogens (tertiary/aromatic N) is 1. The maximum absolute atomic E-state index is 12.1. The Bertz CT molecular complexity index is 646. The Kier molecular flexibility index (Phi) is 4.59. The van der Waals surface area contributed by atoms with Gasteiger partial charge in [0.1, 0.15) is 6.61 Å². The van der Waals surface area contributed by atoms with E-state index >= 15 is 0 Å². The number of hydrogen-bond acceptors (Lipinski definition) is 5. The van der Waals surface area contributed by atoms with Crippen LogP contribution in [-0.2, 0) is 25.6 Å². The molecular weight excluding hydrogens is 318 g/mol. The third-order valence-electron chi connectivity index (χ3n) is 4.48. The minimum absolute atomic E-state index is 0.248. The highest BCUT2D eigenvalue weighted by atomic mass is 32.2. The summed E-state index contributed by atoms with van der Waals surface area (Å²) in [5.74, 6) is 0.594. The molecular formula is C16H21NO5S. The normalized spacial score (nSPS) is 27.0. The molecule has 3 rings (SSSR count). The SMILES string of the molecule is CS(=O)(=O)OC1C[C@@H]2CN(C(=O)OCc3ccccc3)C[C@@H]2C1. The van der Waals surface area contributed by atoms with Crippen LogP contribution in [-0.4, -0.2) is 44.9 Å². The van der Waals surface area contributed by atoms with E-state index < -0.39 is 10.1 Å². The van der Waals surface area contributed by atoms with Gasteiger partial charge >= 0.3 is 6.09 Å². The van der Waals surface area contributed by atoms with Crippen molar-refractivity contribution in [3.63, 3.8) is 0 Å². The van der Waals surface area contributed by atoms with Crippen LogP contribution in [0.1, 0.15) is 18.4 Å². The average molecular weight is 339 g/mol. The molecule has 1 unspecified atom stereocenters. The van der Waals surface area contributed by atoms with Gasteiger partial charge < -0.3 is 9.64 Å². The van der Waals surface area contributed by atoms with Crippen molar-refractivity contribution in [1.82, 2.24) is 4.90 Å². The summed E-state index contributed by atoms with van der Waals surface area (Å²) in [6.45, 7) is 1.50. The predicted octanol–water partition coefficient (Wildman–Crippen LogP) is 2.01. The number of hydrogen-bond donors (Lipinski definition) is 0. The molecule has 1 aliphatic heterocycles. The summed E-state index contributed by atoms with van der Waals surface area (Å²) < 4.78 is 32.8. The second-order valence-electron chi connectivity index (χ2n) is 6.36. The van der Waals surface area contributed by atoms with Crippen molar-refractivity contribution in [2.75, 3.05) is 19.3 Å². The van der Waals surface area contributed by atoms with Crippen LogP contribution < -0.4 is 0 Å². The lowest BCUT2D eigenvalue weighted by atomic mass is 10.0. The Labute approximate surface area is 136 Å². The van der Waals surface area contributed by atoms with E-state index in [-0.39, 0.29) is 18.8 Å². The predicted molar refractivity (Wildman–Crippen MR) is 84.1 cm³/mol. The number of amides is 1. The Morgan fingerprint density at radius 2 is 1.78 bits per heavy atom. The average Bonchev–Trinajstić information content (AvgIpc) is 3.02. The molecule has 7 heteroatoms. The largest absolute Gasteiger partial charge is 0.445 e. The number of likely N-dealkylation sites (tertiary alicyclic amines) is 1. The van der Waals surface area contributed by atoms with Crippen molar-refractivity contribution in [2.24, 2.45) is 11.8 Å². The molecule has 0 radical (unpaired) electrons. The smallest absolute Gasteiger partial charge is 0.410 e. The van der Waals surface area contributed by atoms with Crippen LogP contribution in [0.2, 0.25) is 0 Å². The number of benzene rings is 1. The van der Waals surface area contributed by atoms with Gasteiger partial charge in [-0.05, 0) is 30.2 Å². The minimum Gasteiger partial charge on any atom is -0.445 e. The van der Waals surface area contributed by atoms with Crippen LogP contribution in [0.5, 0.6) is 0 Å². The van der Waals surface area contributed by atoms with E-state index in [4.69, 9.17) is 8.92 Å². The third kappa shape index (κ3) is 4.23. The lowest BCUT2D eigenvalue weighted by Crippen LogP contribution is -2.31. The highest BCUT2D eigenvalue weighted by Crippen LogP contribution is 2.40. The zero-order valence-electron chi connectivity index (χ0n) is 13.1. The van der Waals surface area contributed by atoms with Gasteiger partial charge in [-0.25, -0.2) is 4.79 Å². The second-order valence-corrected chi connectivity index (χ2v) is 7.96. The molecule has 1 saturated carbocycles. The van der Waals surface area contributed by atoms with E-state index in [0.29, 0.717) is 37.8 Å². The summed E-state index contributed by atoms with van der Waals surface area (Å²) in [5.41, 5.74) is 0.960. The zero-order chi connectivity index (χ0) is 16.4. The third-order valence-corrected chi connectivity index (χ3v) is 5.10. The van der Waals surface area contributed by atoms with Crippen LogP contribution in [0.25, 0.3) is 0 Å². The molecule has 23 heavy (non-hydrogen) atoms. The van der Waals surface area contributed by atoms with E-state index in [1.54, 1.807) is 4.90 Å². The van der Waals surface area contributed by atoms with Crippen molar-refractivity contribution < 1.29 is 22.1 Å². The van der Waals surface area contributed by atoms with Crippen molar-refractivity contribution in [3.05, 3.63) is 35.9 Å². The summed E-state index contributed by atoms with van der Waals surface area (Å²) in [7, 11) is -3.41. The first-order valence-electron chi connectivity index (χ1n) is 7.74. The van der Waals surface area contributed by atoms with Crippen LogP contribution in [0.4, 0.5) is 4.79 Å². The fourth-order valence-electron chi connectivity index (χ4n) is 3.53. The minimum atomic E-state index is -3.41. The molecule has 1 saturated heterocycles. The molecule has 1 aromatic rings. The van der Waals surface area contributed by atoms with E-state index in [2.05, 4.69) is 0 Å². The van der Waals surface area contributed by atoms with Gasteiger partial charge in [0, 0.05) is 13.1 Å². The fraction of sp³-hybridized carbons (Fsp3) is 0.562. The summed E-state index contributed by atoms with van der Waals surface area (Å²) in [5, 5.41) is 0. The maximum Gasteiger partial charge on any atom is 0.410 e. The van der Waals surface area contributed by atoms with Crippen molar-refractivity contribution in [2.45, 2.75) is 25.6 Å². The molecule has 2 aliphatic rings. The van der Waals surface area contributed by atoms with Gasteiger partial charge in [-0.2, -0.15) is 8.42 Å². The van der Waals surface area contributed by atoms with E-state index in [9.17, 15) is 13.2 Å². The molecule has 1 aromatic carbocycles. The van der Waals surface area contributed by atoms with Crippen LogP contribution >= 0.6 is 0 Å². The first-order valence-corrected chi connectivity index (χ1v) is 9.56. The quantitative estimate of drug-likeness (QED) is 0.785. The van der Waals surface area contributed by atoms with Crippen molar-refractivity contribution in [3.8, 4) is 0 Å². The number of carbonyl (C=O) groups excluding carboxylic acids is 1. The molecule has 0 bridgehead atoms. The first-order chi connectivity index (χ1) is 10.9. The molecule has 0 spiro atoms. The summed E-state index contributed by atoms with van der Waals surface area (Å²) in [6.07, 6.45) is 1.89. The van der Waals surface area contributed by atoms with Crippen molar-refractivity contribution in [1.29, 1.82) is 0 Å². The highest BCUT2D eigenvalue weighted by molar-refractivity contribution is 7.86. The Morgan fingerprint density at radius 1 is 1.17 bits per heavy atom. The summed E-state index contributed by atoms with van der Waals surface area (Å²) in [6, 6.07) is 9.57. The molecule has 126 valence electrons. The Morgan fingerprint density at radius 3 is 2.35 bits per heavy atom. The molecule has 0 aromatic heterocycles. The Hall–Kier alpha value is -1.60. The van der Waals surface area contributed by atoms with Gasteiger partial charge in [0.2, 0.25) is 0 Å². The number of ether oxygens (including phenoxy) is 1. The number of rotatable bonds is 4. The molecule has 2 fully saturated rings. The fourth-order valence-corrected chi connectivity index (χ4v) is 4.18. The van der Waals surface area contributed by atoms with Crippen LogP contribution in [0.3, 0.4) is 0 Å².